The number of hydrogen-bond acceptors (Lipinski definition) is 1. The lowest BCUT2D eigenvalue weighted by Gasteiger charge is -2.19. The van der Waals surface area contributed by atoms with Gasteiger partial charge in [-0.3, -0.25) is 0 Å². The molecule has 0 aliphatic carbocycles. The summed E-state index contributed by atoms with van der Waals surface area (Å²) < 4.78 is 0. The monoisotopic (exact) mass is 330 g/mol. The Morgan fingerprint density at radius 2 is 1.65 bits per heavy atom. The van der Waals surface area contributed by atoms with E-state index >= 15 is 0 Å². The fraction of sp³-hybridized carbons (Fsp3) is 0.188. The zero-order valence-corrected chi connectivity index (χ0v) is 12.6. The number of aromatic amines is 2. The topological polar surface area (TPSA) is 48.6 Å². The molecular formula is C16H15BrN2O. The smallest absolute Gasteiger partial charge is 0.306 e. The fourth-order valence-corrected chi connectivity index (χ4v) is 3.03. The third-order valence-corrected chi connectivity index (χ3v) is 4.94. The summed E-state index contributed by atoms with van der Waals surface area (Å²) in [5.74, 6) is 0.347. The molecule has 2 unspecified atom stereocenters. The maximum absolute atomic E-state index is 11.3. The predicted molar refractivity (Wildman–Crippen MR) is 85.4 cm³/mol. The molecule has 1 aromatic heterocycles. The molecule has 2 atom stereocenters. The Morgan fingerprint density at radius 3 is 2.40 bits per heavy atom. The lowest BCUT2D eigenvalue weighted by molar-refractivity contribution is 0.752. The molecule has 3 nitrogen and oxygen atoms in total. The van der Waals surface area contributed by atoms with Gasteiger partial charge in [0.15, 0.2) is 0 Å². The van der Waals surface area contributed by atoms with Crippen molar-refractivity contribution < 1.29 is 0 Å². The third-order valence-electron chi connectivity index (χ3n) is 3.62. The van der Waals surface area contributed by atoms with E-state index in [1.54, 1.807) is 0 Å². The molecule has 0 aliphatic rings. The van der Waals surface area contributed by atoms with Gasteiger partial charge in [-0.05, 0) is 29.2 Å². The molecule has 4 heteroatoms. The van der Waals surface area contributed by atoms with Gasteiger partial charge in [-0.1, -0.05) is 59.3 Å². The highest BCUT2D eigenvalue weighted by atomic mass is 79.9. The lowest BCUT2D eigenvalue weighted by Crippen LogP contribution is -2.02. The standard InChI is InChI=1S/C16H15BrN2O/c1-10(11-5-3-2-4-6-11)15(17)12-7-8-13-14(9-12)19-16(20)18-13/h2-10,15H,1H3,(H2,18,19,20). The van der Waals surface area contributed by atoms with Crippen molar-refractivity contribution in [3.05, 3.63) is 70.1 Å². The van der Waals surface area contributed by atoms with Crippen LogP contribution in [0.1, 0.15) is 28.8 Å². The van der Waals surface area contributed by atoms with Crippen LogP contribution in [-0.4, -0.2) is 9.97 Å². The Hall–Kier alpha value is -1.81. The van der Waals surface area contributed by atoms with E-state index in [2.05, 4.69) is 57.1 Å². The molecule has 0 saturated carbocycles. The minimum absolute atomic E-state index is 0.167. The highest BCUT2D eigenvalue weighted by Gasteiger charge is 2.18. The minimum Gasteiger partial charge on any atom is -0.306 e. The van der Waals surface area contributed by atoms with Gasteiger partial charge in [0, 0.05) is 4.83 Å². The van der Waals surface area contributed by atoms with E-state index in [4.69, 9.17) is 0 Å². The number of halogens is 1. The number of alkyl halides is 1. The molecule has 1 heterocycles. The molecule has 0 spiro atoms. The van der Waals surface area contributed by atoms with E-state index in [1.807, 2.05) is 24.3 Å². The molecule has 20 heavy (non-hydrogen) atoms. The molecule has 0 bridgehead atoms. The number of H-pyrrole nitrogens is 2. The van der Waals surface area contributed by atoms with Gasteiger partial charge in [0.25, 0.3) is 0 Å². The Bertz CT molecular complexity index is 776. The maximum Gasteiger partial charge on any atom is 0.323 e. The van der Waals surface area contributed by atoms with Gasteiger partial charge < -0.3 is 9.97 Å². The summed E-state index contributed by atoms with van der Waals surface area (Å²) in [6.07, 6.45) is 0. The molecule has 3 rings (SSSR count). The fourth-order valence-electron chi connectivity index (χ4n) is 2.44. The first kappa shape index (κ1) is 13.2. The second kappa shape index (κ2) is 5.29. The summed E-state index contributed by atoms with van der Waals surface area (Å²) >= 11 is 3.78. The Morgan fingerprint density at radius 1 is 0.950 bits per heavy atom. The third kappa shape index (κ3) is 2.43. The number of fused-ring (bicyclic) bond motifs is 1. The van der Waals surface area contributed by atoms with Crippen LogP contribution in [0.3, 0.4) is 0 Å². The first-order valence-electron chi connectivity index (χ1n) is 6.56. The molecule has 0 aliphatic heterocycles. The van der Waals surface area contributed by atoms with Crippen molar-refractivity contribution in [2.75, 3.05) is 0 Å². The molecular weight excluding hydrogens is 316 g/mol. The highest BCUT2D eigenvalue weighted by molar-refractivity contribution is 9.09. The van der Waals surface area contributed by atoms with Gasteiger partial charge in [0.2, 0.25) is 0 Å². The zero-order chi connectivity index (χ0) is 14.1. The number of imidazole rings is 1. The Labute approximate surface area is 125 Å². The molecule has 0 saturated heterocycles. The van der Waals surface area contributed by atoms with Crippen LogP contribution in [0.15, 0.2) is 53.3 Å². The van der Waals surface area contributed by atoms with Gasteiger partial charge in [0.1, 0.15) is 0 Å². The number of hydrogen-bond donors (Lipinski definition) is 2. The summed E-state index contributed by atoms with van der Waals surface area (Å²) in [6, 6.07) is 16.4. The molecule has 0 amide bonds. The summed E-state index contributed by atoms with van der Waals surface area (Å²) in [6.45, 7) is 2.19. The van der Waals surface area contributed by atoms with E-state index in [0.717, 1.165) is 16.6 Å². The number of nitrogens with one attached hydrogen (secondary N) is 2. The number of benzene rings is 2. The molecule has 2 aromatic carbocycles. The van der Waals surface area contributed by atoms with Gasteiger partial charge in [-0.25, -0.2) is 4.79 Å². The SMILES string of the molecule is CC(c1ccccc1)C(Br)c1ccc2[nH]c(=O)[nH]c2c1. The molecule has 3 aromatic rings. The Kier molecular flexibility index (Phi) is 3.49. The summed E-state index contributed by atoms with van der Waals surface area (Å²) in [7, 11) is 0. The van der Waals surface area contributed by atoms with Crippen LogP contribution in [0.4, 0.5) is 0 Å². The van der Waals surface area contributed by atoms with Crippen LogP contribution >= 0.6 is 15.9 Å². The van der Waals surface area contributed by atoms with Crippen molar-refractivity contribution in [1.82, 2.24) is 9.97 Å². The first-order chi connectivity index (χ1) is 9.65. The van der Waals surface area contributed by atoms with E-state index in [0.29, 0.717) is 5.92 Å². The van der Waals surface area contributed by atoms with E-state index in [1.165, 1.54) is 5.56 Å². The predicted octanol–water partition coefficient (Wildman–Crippen LogP) is 4.10. The Balaban J connectivity index is 1.95. The maximum atomic E-state index is 11.3. The highest BCUT2D eigenvalue weighted by Crippen LogP contribution is 2.38. The normalized spacial score (nSPS) is 14.3. The summed E-state index contributed by atoms with van der Waals surface area (Å²) in [5.41, 5.74) is 3.96. The van der Waals surface area contributed by atoms with E-state index in [9.17, 15) is 4.79 Å². The molecule has 0 radical (unpaired) electrons. The van der Waals surface area contributed by atoms with Crippen molar-refractivity contribution in [3.63, 3.8) is 0 Å². The quantitative estimate of drug-likeness (QED) is 0.698. The minimum atomic E-state index is -0.167. The average Bonchev–Trinajstić information content (AvgIpc) is 2.85. The van der Waals surface area contributed by atoms with Crippen LogP contribution in [-0.2, 0) is 0 Å². The lowest BCUT2D eigenvalue weighted by atomic mass is 9.93. The van der Waals surface area contributed by atoms with Crippen molar-refractivity contribution in [1.29, 1.82) is 0 Å². The van der Waals surface area contributed by atoms with Crippen LogP contribution in [0.25, 0.3) is 11.0 Å². The van der Waals surface area contributed by atoms with Crippen LogP contribution in [0.2, 0.25) is 0 Å². The second-order valence-corrected chi connectivity index (χ2v) is 5.97. The van der Waals surface area contributed by atoms with Crippen LogP contribution in [0, 0.1) is 0 Å². The van der Waals surface area contributed by atoms with Gasteiger partial charge in [-0.2, -0.15) is 0 Å². The van der Waals surface area contributed by atoms with Gasteiger partial charge >= 0.3 is 5.69 Å². The molecule has 0 fully saturated rings. The summed E-state index contributed by atoms with van der Waals surface area (Å²) in [5, 5.41) is 0. The van der Waals surface area contributed by atoms with Crippen LogP contribution < -0.4 is 5.69 Å². The van der Waals surface area contributed by atoms with Crippen molar-refractivity contribution in [3.8, 4) is 0 Å². The van der Waals surface area contributed by atoms with Crippen molar-refractivity contribution in [2.45, 2.75) is 17.7 Å². The van der Waals surface area contributed by atoms with Gasteiger partial charge in [0.05, 0.1) is 11.0 Å². The molecule has 2 N–H and O–H groups in total. The zero-order valence-electron chi connectivity index (χ0n) is 11.1. The van der Waals surface area contributed by atoms with Crippen molar-refractivity contribution in [2.24, 2.45) is 0 Å². The first-order valence-corrected chi connectivity index (χ1v) is 7.47. The summed E-state index contributed by atoms with van der Waals surface area (Å²) in [4.78, 5) is 17.1. The van der Waals surface area contributed by atoms with E-state index < -0.39 is 0 Å². The van der Waals surface area contributed by atoms with E-state index in [-0.39, 0.29) is 10.5 Å². The van der Waals surface area contributed by atoms with Crippen molar-refractivity contribution >= 4 is 27.0 Å². The average molecular weight is 331 g/mol. The largest absolute Gasteiger partial charge is 0.323 e. The second-order valence-electron chi connectivity index (χ2n) is 4.99. The van der Waals surface area contributed by atoms with Gasteiger partial charge in [-0.15, -0.1) is 0 Å². The number of rotatable bonds is 3. The number of aromatic nitrogens is 2. The molecule has 102 valence electrons. The van der Waals surface area contributed by atoms with Crippen LogP contribution in [0.5, 0.6) is 0 Å².